The van der Waals surface area contributed by atoms with E-state index in [-0.39, 0.29) is 5.97 Å². The standard InChI is InChI=1S/C14H18N2O2/c1-3-15-8-7-11-9-16-12-5-4-6-13(14(11)12)18-10(2)17/h4-6,9,15-16H,3,7-8H2,1-2H3. The molecule has 0 saturated carbocycles. The quantitative estimate of drug-likeness (QED) is 0.483. The van der Waals surface area contributed by atoms with Crippen molar-refractivity contribution in [3.63, 3.8) is 0 Å². The van der Waals surface area contributed by atoms with Crippen LogP contribution in [0.1, 0.15) is 19.4 Å². The van der Waals surface area contributed by atoms with Crippen LogP contribution in [0.15, 0.2) is 24.4 Å². The Morgan fingerprint density at radius 2 is 2.28 bits per heavy atom. The summed E-state index contributed by atoms with van der Waals surface area (Å²) >= 11 is 0. The molecule has 4 heteroatoms. The molecule has 2 rings (SSSR count). The van der Waals surface area contributed by atoms with Crippen molar-refractivity contribution in [1.82, 2.24) is 10.3 Å². The lowest BCUT2D eigenvalue weighted by molar-refractivity contribution is -0.131. The lowest BCUT2D eigenvalue weighted by atomic mass is 10.1. The molecule has 1 aromatic heterocycles. The zero-order chi connectivity index (χ0) is 13.0. The van der Waals surface area contributed by atoms with Gasteiger partial charge in [-0.2, -0.15) is 0 Å². The van der Waals surface area contributed by atoms with E-state index < -0.39 is 0 Å². The van der Waals surface area contributed by atoms with Gasteiger partial charge in [0.1, 0.15) is 5.75 Å². The molecule has 0 saturated heterocycles. The zero-order valence-electron chi connectivity index (χ0n) is 10.7. The number of nitrogens with one attached hydrogen (secondary N) is 2. The minimum atomic E-state index is -0.290. The summed E-state index contributed by atoms with van der Waals surface area (Å²) in [5.74, 6) is 0.342. The van der Waals surface area contributed by atoms with Crippen molar-refractivity contribution in [2.24, 2.45) is 0 Å². The summed E-state index contributed by atoms with van der Waals surface area (Å²) in [6.45, 7) is 5.38. The second kappa shape index (κ2) is 5.69. The summed E-state index contributed by atoms with van der Waals surface area (Å²) in [6.07, 6.45) is 2.89. The summed E-state index contributed by atoms with van der Waals surface area (Å²) in [6, 6.07) is 5.69. The molecule has 0 fully saturated rings. The Morgan fingerprint density at radius 1 is 1.44 bits per heavy atom. The number of likely N-dealkylation sites (N-methyl/N-ethyl adjacent to an activating group) is 1. The summed E-state index contributed by atoms with van der Waals surface area (Å²) < 4.78 is 5.25. The molecule has 1 aromatic carbocycles. The van der Waals surface area contributed by atoms with Gasteiger partial charge >= 0.3 is 5.97 Å². The number of hydrogen-bond acceptors (Lipinski definition) is 3. The predicted octanol–water partition coefficient (Wildman–Crippen LogP) is 2.25. The summed E-state index contributed by atoms with van der Waals surface area (Å²) in [5.41, 5.74) is 2.17. The van der Waals surface area contributed by atoms with Crippen LogP contribution >= 0.6 is 0 Å². The Bertz CT molecular complexity index is 546. The van der Waals surface area contributed by atoms with Crippen LogP contribution in [0.3, 0.4) is 0 Å². The topological polar surface area (TPSA) is 54.1 Å². The fourth-order valence-electron chi connectivity index (χ4n) is 2.06. The molecule has 0 aliphatic heterocycles. The van der Waals surface area contributed by atoms with Gasteiger partial charge in [0.25, 0.3) is 0 Å². The second-order valence-electron chi connectivity index (χ2n) is 4.19. The van der Waals surface area contributed by atoms with E-state index in [0.29, 0.717) is 5.75 Å². The molecule has 1 heterocycles. The molecular weight excluding hydrogens is 228 g/mol. The maximum absolute atomic E-state index is 11.1. The van der Waals surface area contributed by atoms with Gasteiger partial charge in [-0.25, -0.2) is 0 Å². The highest BCUT2D eigenvalue weighted by atomic mass is 16.5. The summed E-state index contributed by atoms with van der Waals surface area (Å²) in [7, 11) is 0. The predicted molar refractivity (Wildman–Crippen MR) is 71.9 cm³/mol. The molecule has 0 spiro atoms. The van der Waals surface area contributed by atoms with Crippen LogP contribution in [-0.4, -0.2) is 24.0 Å². The molecule has 0 aliphatic rings. The van der Waals surface area contributed by atoms with Crippen LogP contribution in [0.25, 0.3) is 10.9 Å². The minimum Gasteiger partial charge on any atom is -0.426 e. The van der Waals surface area contributed by atoms with Crippen LogP contribution in [0.2, 0.25) is 0 Å². The molecule has 4 nitrogen and oxygen atoms in total. The molecular formula is C14H18N2O2. The van der Waals surface area contributed by atoms with E-state index in [1.54, 1.807) is 0 Å². The molecule has 18 heavy (non-hydrogen) atoms. The van der Waals surface area contributed by atoms with E-state index in [0.717, 1.165) is 30.4 Å². The van der Waals surface area contributed by atoms with E-state index in [2.05, 4.69) is 17.2 Å². The van der Waals surface area contributed by atoms with Crippen LogP contribution < -0.4 is 10.1 Å². The Kier molecular flexibility index (Phi) is 3.99. The van der Waals surface area contributed by atoms with Crippen molar-refractivity contribution in [3.05, 3.63) is 30.0 Å². The number of carbonyl (C=O) groups excluding carboxylic acids is 1. The number of carbonyl (C=O) groups is 1. The first-order chi connectivity index (χ1) is 8.72. The lowest BCUT2D eigenvalue weighted by Gasteiger charge is -2.06. The highest BCUT2D eigenvalue weighted by Gasteiger charge is 2.10. The first-order valence-electron chi connectivity index (χ1n) is 6.20. The molecule has 0 radical (unpaired) electrons. The van der Waals surface area contributed by atoms with Crippen LogP contribution in [0.5, 0.6) is 5.75 Å². The van der Waals surface area contributed by atoms with Gasteiger partial charge in [-0.3, -0.25) is 4.79 Å². The average Bonchev–Trinajstić information content (AvgIpc) is 2.73. The van der Waals surface area contributed by atoms with E-state index in [9.17, 15) is 4.79 Å². The van der Waals surface area contributed by atoms with Gasteiger partial charge in [-0.15, -0.1) is 0 Å². The van der Waals surface area contributed by atoms with Crippen molar-refractivity contribution in [3.8, 4) is 5.75 Å². The van der Waals surface area contributed by atoms with Crippen molar-refractivity contribution in [1.29, 1.82) is 0 Å². The number of esters is 1. The number of fused-ring (bicyclic) bond motifs is 1. The molecule has 0 amide bonds. The minimum absolute atomic E-state index is 0.290. The Hall–Kier alpha value is -1.81. The number of hydrogen-bond donors (Lipinski definition) is 2. The average molecular weight is 246 g/mol. The number of aromatic nitrogens is 1. The first-order valence-corrected chi connectivity index (χ1v) is 6.20. The van der Waals surface area contributed by atoms with Crippen LogP contribution in [0.4, 0.5) is 0 Å². The fourth-order valence-corrected chi connectivity index (χ4v) is 2.06. The number of H-pyrrole nitrogens is 1. The van der Waals surface area contributed by atoms with Gasteiger partial charge < -0.3 is 15.0 Å². The van der Waals surface area contributed by atoms with E-state index >= 15 is 0 Å². The largest absolute Gasteiger partial charge is 0.426 e. The number of benzene rings is 1. The van der Waals surface area contributed by atoms with Gasteiger partial charge in [0, 0.05) is 24.0 Å². The van der Waals surface area contributed by atoms with Gasteiger partial charge in [-0.1, -0.05) is 13.0 Å². The maximum atomic E-state index is 11.1. The number of rotatable bonds is 5. The van der Waals surface area contributed by atoms with Crippen molar-refractivity contribution < 1.29 is 9.53 Å². The third kappa shape index (κ3) is 2.71. The van der Waals surface area contributed by atoms with Gasteiger partial charge in [0.05, 0.1) is 0 Å². The summed E-state index contributed by atoms with van der Waals surface area (Å²) in [4.78, 5) is 14.3. The Labute approximate surface area is 106 Å². The molecule has 0 atom stereocenters. The SMILES string of the molecule is CCNCCc1c[nH]c2cccc(OC(C)=O)c12. The Morgan fingerprint density at radius 3 is 3.00 bits per heavy atom. The van der Waals surface area contributed by atoms with Gasteiger partial charge in [0.15, 0.2) is 0 Å². The highest BCUT2D eigenvalue weighted by Crippen LogP contribution is 2.29. The van der Waals surface area contributed by atoms with Crippen molar-refractivity contribution >= 4 is 16.9 Å². The van der Waals surface area contributed by atoms with Crippen molar-refractivity contribution in [2.45, 2.75) is 20.3 Å². The van der Waals surface area contributed by atoms with Crippen LogP contribution in [-0.2, 0) is 11.2 Å². The molecule has 0 unspecified atom stereocenters. The first kappa shape index (κ1) is 12.6. The lowest BCUT2D eigenvalue weighted by Crippen LogP contribution is -2.15. The smallest absolute Gasteiger partial charge is 0.308 e. The van der Waals surface area contributed by atoms with Gasteiger partial charge in [-0.05, 0) is 37.2 Å². The van der Waals surface area contributed by atoms with Crippen molar-refractivity contribution in [2.75, 3.05) is 13.1 Å². The third-order valence-corrected chi connectivity index (χ3v) is 2.82. The Balaban J connectivity index is 2.32. The molecule has 2 aromatic rings. The van der Waals surface area contributed by atoms with E-state index in [4.69, 9.17) is 4.74 Å². The zero-order valence-corrected chi connectivity index (χ0v) is 10.7. The third-order valence-electron chi connectivity index (χ3n) is 2.82. The molecule has 0 bridgehead atoms. The second-order valence-corrected chi connectivity index (χ2v) is 4.19. The number of aromatic amines is 1. The van der Waals surface area contributed by atoms with E-state index in [1.165, 1.54) is 12.5 Å². The molecule has 0 aliphatic carbocycles. The molecule has 2 N–H and O–H groups in total. The van der Waals surface area contributed by atoms with Gasteiger partial charge in [0.2, 0.25) is 0 Å². The van der Waals surface area contributed by atoms with E-state index in [1.807, 2.05) is 24.4 Å². The highest BCUT2D eigenvalue weighted by molar-refractivity contribution is 5.91. The monoisotopic (exact) mass is 246 g/mol. The fraction of sp³-hybridized carbons (Fsp3) is 0.357. The maximum Gasteiger partial charge on any atom is 0.308 e. The summed E-state index contributed by atoms with van der Waals surface area (Å²) in [5, 5.41) is 4.30. The number of ether oxygens (including phenoxy) is 1. The molecule has 96 valence electrons. The normalized spacial score (nSPS) is 10.8. The van der Waals surface area contributed by atoms with Crippen LogP contribution in [0, 0.1) is 0 Å².